The monoisotopic (exact) mass is 638 g/mol. The number of para-hydroxylation sites is 1. The molecule has 0 atom stereocenters. The second-order valence-electron chi connectivity index (χ2n) is 12.7. The highest BCUT2D eigenvalue weighted by molar-refractivity contribution is 6.24. The standard InChI is InChI=1S/C46H30N4/c1-3-7-35(27-48-2)37-21-31-11-13-33-23-38(24-34-14-12-32(22-37)45(31)46(33)34)42-19-16-36(28-49-42)30-15-18-41-40-17-10-29(26-47)20-43(40)50(44(41)25-30)39-8-5-4-6-9-39/h3-25,27-28H,2H2,1H3/b7-3-,35-27+. The Hall–Kier alpha value is -6.83. The van der Waals surface area contributed by atoms with Crippen LogP contribution in [0.25, 0.3) is 87.8 Å². The van der Waals surface area contributed by atoms with E-state index in [1.807, 2.05) is 55.7 Å². The van der Waals surface area contributed by atoms with Crippen LogP contribution in [0.3, 0.4) is 0 Å². The Balaban J connectivity index is 1.12. The minimum Gasteiger partial charge on any atom is -0.309 e. The number of hydrogen-bond acceptors (Lipinski definition) is 3. The highest BCUT2D eigenvalue weighted by atomic mass is 15.0. The van der Waals surface area contributed by atoms with Gasteiger partial charge in [-0.15, -0.1) is 0 Å². The van der Waals surface area contributed by atoms with Crippen LogP contribution in [0, 0.1) is 11.3 Å². The molecule has 9 rings (SSSR count). The van der Waals surface area contributed by atoms with Crippen molar-refractivity contribution >= 4 is 66.4 Å². The Bertz CT molecular complexity index is 2820. The maximum absolute atomic E-state index is 9.64. The van der Waals surface area contributed by atoms with Crippen molar-refractivity contribution in [3.05, 3.63) is 163 Å². The van der Waals surface area contributed by atoms with E-state index in [0.29, 0.717) is 5.56 Å². The van der Waals surface area contributed by atoms with Crippen molar-refractivity contribution in [2.75, 3.05) is 0 Å². The van der Waals surface area contributed by atoms with Gasteiger partial charge in [0.25, 0.3) is 0 Å². The van der Waals surface area contributed by atoms with Crippen molar-refractivity contribution in [3.8, 4) is 34.1 Å². The molecule has 2 heterocycles. The van der Waals surface area contributed by atoms with Gasteiger partial charge in [-0.2, -0.15) is 5.26 Å². The average molecular weight is 639 g/mol. The molecule has 0 aliphatic carbocycles. The topological polar surface area (TPSA) is 54.0 Å². The normalized spacial score (nSPS) is 12.2. The molecule has 4 heteroatoms. The SMILES string of the molecule is C=N/C=C(\C=C/C)c1cc2ccc3cc(-c4ccc(-c5ccc6c7ccc(C#N)cc7n(-c7ccccc7)c6c5)cn4)cc4ccc(c1)c2c34. The fraction of sp³-hybridized carbons (Fsp3) is 0.0217. The highest BCUT2D eigenvalue weighted by Gasteiger charge is 2.16. The number of aromatic nitrogens is 2. The van der Waals surface area contributed by atoms with Gasteiger partial charge < -0.3 is 4.57 Å². The highest BCUT2D eigenvalue weighted by Crippen LogP contribution is 2.40. The van der Waals surface area contributed by atoms with Gasteiger partial charge in [-0.3, -0.25) is 9.98 Å². The van der Waals surface area contributed by atoms with Crippen molar-refractivity contribution < 1.29 is 0 Å². The predicted molar refractivity (Wildman–Crippen MR) is 210 cm³/mol. The van der Waals surface area contributed by atoms with Crippen molar-refractivity contribution in [2.24, 2.45) is 4.99 Å². The van der Waals surface area contributed by atoms with Crippen molar-refractivity contribution in [1.82, 2.24) is 9.55 Å². The van der Waals surface area contributed by atoms with Crippen molar-refractivity contribution in [2.45, 2.75) is 6.92 Å². The van der Waals surface area contributed by atoms with Gasteiger partial charge in [0, 0.05) is 40.0 Å². The molecule has 4 nitrogen and oxygen atoms in total. The molecule has 0 amide bonds. The van der Waals surface area contributed by atoms with Crippen LogP contribution in [0.2, 0.25) is 0 Å². The van der Waals surface area contributed by atoms with E-state index in [2.05, 4.69) is 125 Å². The molecule has 0 bridgehead atoms. The summed E-state index contributed by atoms with van der Waals surface area (Å²) in [6.45, 7) is 5.68. The van der Waals surface area contributed by atoms with Crippen molar-refractivity contribution in [3.63, 3.8) is 0 Å². The predicted octanol–water partition coefficient (Wildman–Crippen LogP) is 11.9. The molecule has 0 spiro atoms. The number of hydrogen-bond donors (Lipinski definition) is 0. The maximum Gasteiger partial charge on any atom is 0.0992 e. The van der Waals surface area contributed by atoms with E-state index >= 15 is 0 Å². The molecule has 0 aliphatic heterocycles. The lowest BCUT2D eigenvalue weighted by Gasteiger charge is -2.14. The second-order valence-corrected chi connectivity index (χ2v) is 12.7. The largest absolute Gasteiger partial charge is 0.309 e. The third kappa shape index (κ3) is 4.68. The summed E-state index contributed by atoms with van der Waals surface area (Å²) in [6.07, 6.45) is 7.88. The van der Waals surface area contributed by atoms with Crippen LogP contribution in [-0.2, 0) is 0 Å². The van der Waals surface area contributed by atoms with Crippen LogP contribution in [0.1, 0.15) is 18.1 Å². The van der Waals surface area contributed by atoms with Gasteiger partial charge in [-0.1, -0.05) is 78.9 Å². The van der Waals surface area contributed by atoms with E-state index < -0.39 is 0 Å². The number of rotatable bonds is 6. The van der Waals surface area contributed by atoms with Crippen LogP contribution in [0.4, 0.5) is 0 Å². The first-order chi connectivity index (χ1) is 24.6. The molecule has 0 N–H and O–H groups in total. The minimum atomic E-state index is 0.645. The number of allylic oxidation sites excluding steroid dienone is 3. The molecule has 0 unspecified atom stereocenters. The summed E-state index contributed by atoms with van der Waals surface area (Å²) < 4.78 is 2.25. The lowest BCUT2D eigenvalue weighted by molar-refractivity contribution is 1.18. The van der Waals surface area contributed by atoms with Gasteiger partial charge in [0.2, 0.25) is 0 Å². The van der Waals surface area contributed by atoms with E-state index in [0.717, 1.165) is 61.0 Å². The van der Waals surface area contributed by atoms with Crippen LogP contribution in [0.5, 0.6) is 0 Å². The molecule has 0 radical (unpaired) electrons. The van der Waals surface area contributed by atoms with Gasteiger partial charge in [-0.25, -0.2) is 0 Å². The quantitative estimate of drug-likeness (QED) is 0.103. The Morgan fingerprint density at radius 2 is 1.34 bits per heavy atom. The number of fused-ring (bicyclic) bond motifs is 3. The molecule has 0 saturated heterocycles. The van der Waals surface area contributed by atoms with Gasteiger partial charge in [0.15, 0.2) is 0 Å². The van der Waals surface area contributed by atoms with E-state index in [9.17, 15) is 5.26 Å². The Kier molecular flexibility index (Phi) is 6.86. The van der Waals surface area contributed by atoms with Crippen molar-refractivity contribution in [1.29, 1.82) is 5.26 Å². The Labute approximate surface area is 289 Å². The molecule has 9 aromatic rings. The summed E-state index contributed by atoms with van der Waals surface area (Å²) in [4.78, 5) is 9.02. The first kappa shape index (κ1) is 29.3. The smallest absolute Gasteiger partial charge is 0.0992 e. The lowest BCUT2D eigenvalue weighted by atomic mass is 9.90. The summed E-state index contributed by atoms with van der Waals surface area (Å²) in [5.41, 5.74) is 10.1. The Morgan fingerprint density at radius 3 is 1.96 bits per heavy atom. The maximum atomic E-state index is 9.64. The fourth-order valence-corrected chi connectivity index (χ4v) is 7.50. The van der Waals surface area contributed by atoms with Gasteiger partial charge in [-0.05, 0) is 123 Å². The fourth-order valence-electron chi connectivity index (χ4n) is 7.50. The molecule has 2 aromatic heterocycles. The molecule has 0 aliphatic rings. The third-order valence-corrected chi connectivity index (χ3v) is 9.75. The molecule has 0 fully saturated rings. The van der Waals surface area contributed by atoms with Crippen LogP contribution in [-0.4, -0.2) is 16.3 Å². The zero-order chi connectivity index (χ0) is 33.8. The molecular weight excluding hydrogens is 609 g/mol. The third-order valence-electron chi connectivity index (χ3n) is 9.75. The van der Waals surface area contributed by atoms with Crippen LogP contribution in [0.15, 0.2) is 157 Å². The van der Waals surface area contributed by atoms with E-state index in [1.54, 1.807) is 0 Å². The number of nitriles is 1. The first-order valence-electron chi connectivity index (χ1n) is 16.7. The molecule has 0 saturated carbocycles. The van der Waals surface area contributed by atoms with Gasteiger partial charge in [0.1, 0.15) is 0 Å². The van der Waals surface area contributed by atoms with E-state index in [1.165, 1.54) is 32.3 Å². The van der Waals surface area contributed by atoms with E-state index in [-0.39, 0.29) is 0 Å². The van der Waals surface area contributed by atoms with Crippen LogP contribution >= 0.6 is 0 Å². The summed E-state index contributed by atoms with van der Waals surface area (Å²) in [7, 11) is 0. The second kappa shape index (κ2) is 11.7. The molecule has 234 valence electrons. The lowest BCUT2D eigenvalue weighted by Crippen LogP contribution is -1.94. The average Bonchev–Trinajstić information content (AvgIpc) is 3.49. The summed E-state index contributed by atoms with van der Waals surface area (Å²) in [6, 6.07) is 47.3. The molecular formula is C46H30N4. The number of benzene rings is 7. The van der Waals surface area contributed by atoms with Gasteiger partial charge in [0.05, 0.1) is 28.4 Å². The Morgan fingerprint density at radius 1 is 0.700 bits per heavy atom. The summed E-state index contributed by atoms with van der Waals surface area (Å²) >= 11 is 0. The molecule has 7 aromatic carbocycles. The van der Waals surface area contributed by atoms with Gasteiger partial charge >= 0.3 is 0 Å². The number of pyridine rings is 1. The number of aliphatic imine (C=N–C) groups is 1. The zero-order valence-electron chi connectivity index (χ0n) is 27.4. The van der Waals surface area contributed by atoms with Crippen LogP contribution < -0.4 is 0 Å². The number of nitrogens with zero attached hydrogens (tertiary/aromatic N) is 4. The van der Waals surface area contributed by atoms with E-state index in [4.69, 9.17) is 4.98 Å². The minimum absolute atomic E-state index is 0.645. The first-order valence-corrected chi connectivity index (χ1v) is 16.7. The summed E-state index contributed by atoms with van der Waals surface area (Å²) in [5, 5.41) is 19.3. The molecule has 50 heavy (non-hydrogen) atoms. The summed E-state index contributed by atoms with van der Waals surface area (Å²) in [5.74, 6) is 0. The zero-order valence-corrected chi connectivity index (χ0v) is 27.4.